The summed E-state index contributed by atoms with van der Waals surface area (Å²) in [6.45, 7) is 4.25. The zero-order valence-corrected chi connectivity index (χ0v) is 13.6. The normalized spacial score (nSPS) is 34.3. The van der Waals surface area contributed by atoms with Gasteiger partial charge < -0.3 is 24.8 Å². The van der Waals surface area contributed by atoms with Crippen molar-refractivity contribution in [3.63, 3.8) is 0 Å². The van der Waals surface area contributed by atoms with Gasteiger partial charge in [-0.15, -0.1) is 0 Å². The van der Waals surface area contributed by atoms with Crippen LogP contribution >= 0.6 is 0 Å². The molecule has 126 valence electrons. The van der Waals surface area contributed by atoms with Gasteiger partial charge in [-0.2, -0.15) is 0 Å². The molecule has 3 fully saturated rings. The molecule has 4 unspecified atom stereocenters. The van der Waals surface area contributed by atoms with Crippen LogP contribution in [0.1, 0.15) is 32.1 Å². The minimum absolute atomic E-state index is 0.375. The number of ether oxygens (including phenoxy) is 3. The number of nitrogens with one attached hydrogen (secondary N) is 2. The Balaban J connectivity index is 1.24. The molecule has 0 saturated carbocycles. The van der Waals surface area contributed by atoms with Crippen LogP contribution in [0.4, 0.5) is 0 Å². The summed E-state index contributed by atoms with van der Waals surface area (Å²) in [7, 11) is 1.82. The predicted molar refractivity (Wildman–Crippen MR) is 85.2 cm³/mol. The van der Waals surface area contributed by atoms with E-state index in [0.29, 0.717) is 24.2 Å². The monoisotopic (exact) mass is 311 g/mol. The maximum absolute atomic E-state index is 5.86. The third-order valence-corrected chi connectivity index (χ3v) is 4.79. The Morgan fingerprint density at radius 3 is 2.95 bits per heavy atom. The van der Waals surface area contributed by atoms with E-state index < -0.39 is 0 Å². The van der Waals surface area contributed by atoms with Gasteiger partial charge in [0.15, 0.2) is 5.96 Å². The Hall–Kier alpha value is -0.850. The molecule has 0 aliphatic carbocycles. The molecule has 3 saturated heterocycles. The standard InChI is InChI=1S/C16H29N3O3/c1-17-16(19-14-9-13-3-4-15(14)22-13)18-6-2-7-20-10-12-5-8-21-11-12/h12-15H,2-11H2,1H3,(H2,17,18,19). The van der Waals surface area contributed by atoms with Gasteiger partial charge in [-0.1, -0.05) is 0 Å². The van der Waals surface area contributed by atoms with Crippen LogP contribution in [0, 0.1) is 5.92 Å². The van der Waals surface area contributed by atoms with Gasteiger partial charge in [0, 0.05) is 32.7 Å². The summed E-state index contributed by atoms with van der Waals surface area (Å²) in [6, 6.07) is 0.420. The average Bonchev–Trinajstić information content (AvgIpc) is 3.26. The van der Waals surface area contributed by atoms with Crippen molar-refractivity contribution in [2.45, 2.75) is 50.4 Å². The van der Waals surface area contributed by atoms with Gasteiger partial charge in [0.1, 0.15) is 0 Å². The SMILES string of the molecule is CN=C(NCCCOCC1CCOC1)NC1CC2CCC1O2. The summed E-state index contributed by atoms with van der Waals surface area (Å²) in [5, 5.41) is 6.85. The van der Waals surface area contributed by atoms with Crippen molar-refractivity contribution < 1.29 is 14.2 Å². The molecule has 3 aliphatic rings. The van der Waals surface area contributed by atoms with Crippen LogP contribution in [0.5, 0.6) is 0 Å². The van der Waals surface area contributed by atoms with E-state index in [-0.39, 0.29) is 0 Å². The van der Waals surface area contributed by atoms with Gasteiger partial charge in [-0.3, -0.25) is 4.99 Å². The summed E-state index contributed by atoms with van der Waals surface area (Å²) < 4.78 is 16.9. The van der Waals surface area contributed by atoms with E-state index in [1.54, 1.807) is 0 Å². The van der Waals surface area contributed by atoms with Gasteiger partial charge in [0.2, 0.25) is 0 Å². The smallest absolute Gasteiger partial charge is 0.191 e. The van der Waals surface area contributed by atoms with Crippen molar-refractivity contribution in [3.05, 3.63) is 0 Å². The van der Waals surface area contributed by atoms with Crippen LogP contribution in [-0.2, 0) is 14.2 Å². The summed E-state index contributed by atoms with van der Waals surface area (Å²) in [5.74, 6) is 1.48. The van der Waals surface area contributed by atoms with Crippen LogP contribution < -0.4 is 10.6 Å². The lowest BCUT2D eigenvalue weighted by molar-refractivity contribution is 0.0887. The summed E-state index contributed by atoms with van der Waals surface area (Å²) in [6.07, 6.45) is 6.48. The largest absolute Gasteiger partial charge is 0.381 e. The Morgan fingerprint density at radius 2 is 2.27 bits per heavy atom. The predicted octanol–water partition coefficient (Wildman–Crippen LogP) is 0.915. The Morgan fingerprint density at radius 1 is 1.32 bits per heavy atom. The highest BCUT2D eigenvalue weighted by Gasteiger charge is 2.41. The second-order valence-electron chi connectivity index (χ2n) is 6.52. The maximum atomic E-state index is 5.86. The van der Waals surface area contributed by atoms with Crippen LogP contribution in [0.3, 0.4) is 0 Å². The van der Waals surface area contributed by atoms with Crippen LogP contribution in [-0.4, -0.2) is 64.2 Å². The number of fused-ring (bicyclic) bond motifs is 2. The highest BCUT2D eigenvalue weighted by molar-refractivity contribution is 5.80. The molecule has 3 heterocycles. The lowest BCUT2D eigenvalue weighted by Crippen LogP contribution is -2.47. The average molecular weight is 311 g/mol. The molecule has 3 rings (SSSR count). The van der Waals surface area contributed by atoms with E-state index in [9.17, 15) is 0 Å². The van der Waals surface area contributed by atoms with E-state index >= 15 is 0 Å². The third kappa shape index (κ3) is 4.33. The van der Waals surface area contributed by atoms with E-state index in [0.717, 1.165) is 58.2 Å². The maximum Gasteiger partial charge on any atom is 0.191 e. The van der Waals surface area contributed by atoms with Crippen molar-refractivity contribution in [1.82, 2.24) is 10.6 Å². The molecule has 0 radical (unpaired) electrons. The fraction of sp³-hybridized carbons (Fsp3) is 0.938. The number of aliphatic imine (C=N–C) groups is 1. The Kier molecular flexibility index (Phi) is 5.92. The highest BCUT2D eigenvalue weighted by atomic mass is 16.5. The molecule has 0 spiro atoms. The molecule has 0 aromatic heterocycles. The molecule has 6 heteroatoms. The number of rotatable bonds is 7. The first-order chi connectivity index (χ1) is 10.8. The van der Waals surface area contributed by atoms with Crippen molar-refractivity contribution in [3.8, 4) is 0 Å². The molecule has 2 N–H and O–H groups in total. The number of nitrogens with zero attached hydrogens (tertiary/aromatic N) is 1. The molecule has 0 amide bonds. The Labute approximate surface area is 133 Å². The minimum atomic E-state index is 0.375. The minimum Gasteiger partial charge on any atom is -0.381 e. The fourth-order valence-electron chi connectivity index (χ4n) is 3.51. The number of guanidine groups is 1. The highest BCUT2D eigenvalue weighted by Crippen LogP contribution is 2.34. The van der Waals surface area contributed by atoms with Crippen molar-refractivity contribution >= 4 is 5.96 Å². The molecule has 22 heavy (non-hydrogen) atoms. The van der Waals surface area contributed by atoms with Crippen LogP contribution in [0.25, 0.3) is 0 Å². The van der Waals surface area contributed by atoms with Crippen LogP contribution in [0.2, 0.25) is 0 Å². The van der Waals surface area contributed by atoms with Gasteiger partial charge in [0.05, 0.1) is 31.5 Å². The molecule has 6 nitrogen and oxygen atoms in total. The first-order valence-electron chi connectivity index (χ1n) is 8.63. The molecule has 3 aliphatic heterocycles. The summed E-state index contributed by atoms with van der Waals surface area (Å²) >= 11 is 0. The zero-order chi connectivity index (χ0) is 15.2. The van der Waals surface area contributed by atoms with E-state index in [2.05, 4.69) is 15.6 Å². The second kappa shape index (κ2) is 8.13. The quantitative estimate of drug-likeness (QED) is 0.416. The number of hydrogen-bond donors (Lipinski definition) is 2. The summed E-state index contributed by atoms with van der Waals surface area (Å²) in [5.41, 5.74) is 0. The van der Waals surface area contributed by atoms with Crippen molar-refractivity contribution in [2.24, 2.45) is 10.9 Å². The third-order valence-electron chi connectivity index (χ3n) is 4.79. The molecule has 0 aromatic carbocycles. The van der Waals surface area contributed by atoms with E-state index in [1.807, 2.05) is 7.05 Å². The molecular weight excluding hydrogens is 282 g/mol. The van der Waals surface area contributed by atoms with Crippen molar-refractivity contribution in [2.75, 3.05) is 40.0 Å². The number of hydrogen-bond acceptors (Lipinski definition) is 4. The van der Waals surface area contributed by atoms with Gasteiger partial charge in [-0.25, -0.2) is 0 Å². The topological polar surface area (TPSA) is 64.1 Å². The fourth-order valence-corrected chi connectivity index (χ4v) is 3.51. The lowest BCUT2D eigenvalue weighted by atomic mass is 9.96. The molecule has 2 bridgehead atoms. The first kappa shape index (κ1) is 16.0. The van der Waals surface area contributed by atoms with Crippen LogP contribution in [0.15, 0.2) is 4.99 Å². The molecule has 0 aromatic rings. The van der Waals surface area contributed by atoms with Gasteiger partial charge >= 0.3 is 0 Å². The van der Waals surface area contributed by atoms with Gasteiger partial charge in [-0.05, 0) is 32.1 Å². The van der Waals surface area contributed by atoms with Crippen molar-refractivity contribution in [1.29, 1.82) is 0 Å². The first-order valence-corrected chi connectivity index (χ1v) is 8.63. The Bertz CT molecular complexity index is 372. The van der Waals surface area contributed by atoms with E-state index in [4.69, 9.17) is 14.2 Å². The van der Waals surface area contributed by atoms with Gasteiger partial charge in [0.25, 0.3) is 0 Å². The zero-order valence-electron chi connectivity index (χ0n) is 13.6. The second-order valence-corrected chi connectivity index (χ2v) is 6.52. The summed E-state index contributed by atoms with van der Waals surface area (Å²) in [4.78, 5) is 4.30. The molecule has 4 atom stereocenters. The lowest BCUT2D eigenvalue weighted by Gasteiger charge is -2.22. The molecular formula is C16H29N3O3. The van der Waals surface area contributed by atoms with E-state index in [1.165, 1.54) is 12.8 Å².